The van der Waals surface area contributed by atoms with Crippen molar-refractivity contribution in [2.24, 2.45) is 0 Å². The van der Waals surface area contributed by atoms with Crippen LogP contribution in [0.2, 0.25) is 0 Å². The van der Waals surface area contributed by atoms with Gasteiger partial charge in [0.15, 0.2) is 11.1 Å². The van der Waals surface area contributed by atoms with Gasteiger partial charge in [0.2, 0.25) is 0 Å². The minimum absolute atomic E-state index is 0.145. The van der Waals surface area contributed by atoms with Crippen molar-refractivity contribution in [1.82, 2.24) is 10.3 Å². The van der Waals surface area contributed by atoms with Crippen LogP contribution in [0.3, 0.4) is 0 Å². The third-order valence-corrected chi connectivity index (χ3v) is 3.92. The Morgan fingerprint density at radius 3 is 2.86 bits per heavy atom. The van der Waals surface area contributed by atoms with E-state index in [0.29, 0.717) is 19.4 Å². The highest BCUT2D eigenvalue weighted by molar-refractivity contribution is 7.79. The van der Waals surface area contributed by atoms with E-state index in [9.17, 15) is 14.1 Å². The minimum Gasteiger partial charge on any atom is -0.480 e. The average Bonchev–Trinajstić information content (AvgIpc) is 2.85. The maximum absolute atomic E-state index is 11.3. The second kappa shape index (κ2) is 7.35. The van der Waals surface area contributed by atoms with Crippen LogP contribution in [-0.4, -0.2) is 43.2 Å². The summed E-state index contributed by atoms with van der Waals surface area (Å²) in [5.74, 6) is -0.780. The summed E-state index contributed by atoms with van der Waals surface area (Å²) < 4.78 is 19.2. The third-order valence-electron chi connectivity index (χ3n) is 3.28. The number of carbonyl (C=O) groups is 1. The molecule has 0 aliphatic heterocycles. The molecule has 4 N–H and O–H groups in total. The van der Waals surface area contributed by atoms with Gasteiger partial charge < -0.3 is 20.0 Å². The number of carboxylic acid groups (broad SMARTS) is 1. The number of para-hydroxylation sites is 1. The lowest BCUT2D eigenvalue weighted by molar-refractivity contribution is -0.139. The van der Waals surface area contributed by atoms with E-state index in [4.69, 9.17) is 4.55 Å². The van der Waals surface area contributed by atoms with Crippen molar-refractivity contribution in [3.05, 3.63) is 36.0 Å². The maximum Gasteiger partial charge on any atom is 0.321 e. The molecule has 2 atom stereocenters. The van der Waals surface area contributed by atoms with Gasteiger partial charge in [0.25, 0.3) is 0 Å². The molecule has 2 unspecified atom stereocenters. The van der Waals surface area contributed by atoms with Gasteiger partial charge in [-0.15, -0.1) is 0 Å². The van der Waals surface area contributed by atoms with Crippen LogP contribution in [0.5, 0.6) is 0 Å². The number of H-pyrrole nitrogens is 1. The summed E-state index contributed by atoms with van der Waals surface area (Å²) in [5.41, 5.74) is 1.92. The van der Waals surface area contributed by atoms with Crippen LogP contribution in [0.4, 0.5) is 0 Å². The molecule has 0 spiro atoms. The Morgan fingerprint density at radius 2 is 2.14 bits per heavy atom. The number of aromatic amines is 1. The van der Waals surface area contributed by atoms with E-state index in [-0.39, 0.29) is 5.75 Å². The number of carboxylic acids is 1. The van der Waals surface area contributed by atoms with Gasteiger partial charge in [0.05, 0.1) is 5.75 Å². The predicted octanol–water partition coefficient (Wildman–Crippen LogP) is 1.37. The Labute approximate surface area is 124 Å². The molecule has 1 heterocycles. The number of benzene rings is 1. The summed E-state index contributed by atoms with van der Waals surface area (Å²) in [6.07, 6.45) is 2.65. The number of fused-ring (bicyclic) bond motifs is 1. The smallest absolute Gasteiger partial charge is 0.321 e. The lowest BCUT2D eigenvalue weighted by Crippen LogP contribution is -2.39. The first-order valence-corrected chi connectivity index (χ1v) is 7.94. The molecule has 114 valence electrons. The number of aromatic nitrogens is 1. The molecule has 1 aromatic carbocycles. The lowest BCUT2D eigenvalue weighted by atomic mass is 10.1. The minimum atomic E-state index is -1.83. The number of hydrogen-bond acceptors (Lipinski definition) is 3. The van der Waals surface area contributed by atoms with Crippen molar-refractivity contribution in [3.63, 3.8) is 0 Å². The predicted molar refractivity (Wildman–Crippen MR) is 81.7 cm³/mol. The molecule has 7 heteroatoms. The van der Waals surface area contributed by atoms with Crippen LogP contribution in [0.25, 0.3) is 10.9 Å². The zero-order chi connectivity index (χ0) is 15.2. The fourth-order valence-corrected chi connectivity index (χ4v) is 2.63. The standard InChI is InChI=1S/C14H18N2O4S/c17-14(18)13(15-6-3-7-21(19)20)8-10-9-16-12-5-2-1-4-11(10)12/h1-2,4-5,9,13,15-16H,3,6-8H2,(H,17,18)(H,19,20). The molecule has 0 saturated carbocycles. The normalized spacial score (nSPS) is 14.1. The summed E-state index contributed by atoms with van der Waals surface area (Å²) in [5, 5.41) is 13.2. The van der Waals surface area contributed by atoms with E-state index in [2.05, 4.69) is 10.3 Å². The molecular weight excluding hydrogens is 292 g/mol. The number of rotatable bonds is 8. The van der Waals surface area contributed by atoms with Gasteiger partial charge >= 0.3 is 5.97 Å². The van der Waals surface area contributed by atoms with Gasteiger partial charge in [0, 0.05) is 23.5 Å². The first-order valence-electron chi connectivity index (χ1n) is 6.66. The van der Waals surface area contributed by atoms with E-state index >= 15 is 0 Å². The SMILES string of the molecule is O=C(O)C(Cc1c[nH]c2ccccc12)NCCCS(=O)O. The van der Waals surface area contributed by atoms with Crippen LogP contribution in [0, 0.1) is 0 Å². The van der Waals surface area contributed by atoms with Crippen molar-refractivity contribution in [1.29, 1.82) is 0 Å². The lowest BCUT2D eigenvalue weighted by Gasteiger charge is -2.13. The molecule has 0 aliphatic rings. The van der Waals surface area contributed by atoms with Crippen LogP contribution in [0.1, 0.15) is 12.0 Å². The van der Waals surface area contributed by atoms with Gasteiger partial charge in [-0.1, -0.05) is 18.2 Å². The Balaban J connectivity index is 1.99. The monoisotopic (exact) mass is 310 g/mol. The topological polar surface area (TPSA) is 102 Å². The zero-order valence-electron chi connectivity index (χ0n) is 11.4. The molecule has 0 bridgehead atoms. The van der Waals surface area contributed by atoms with E-state index in [1.807, 2.05) is 30.5 Å². The van der Waals surface area contributed by atoms with Gasteiger partial charge in [-0.05, 0) is 24.6 Å². The summed E-state index contributed by atoms with van der Waals surface area (Å²) >= 11 is -1.83. The van der Waals surface area contributed by atoms with E-state index < -0.39 is 23.1 Å². The quantitative estimate of drug-likeness (QED) is 0.435. The molecule has 6 nitrogen and oxygen atoms in total. The van der Waals surface area contributed by atoms with E-state index in [0.717, 1.165) is 16.5 Å². The van der Waals surface area contributed by atoms with Crippen molar-refractivity contribution in [2.75, 3.05) is 12.3 Å². The largest absolute Gasteiger partial charge is 0.480 e. The second-order valence-corrected chi connectivity index (χ2v) is 5.84. The Morgan fingerprint density at radius 1 is 1.38 bits per heavy atom. The summed E-state index contributed by atoms with van der Waals surface area (Å²) in [7, 11) is 0. The second-order valence-electron chi connectivity index (χ2n) is 4.79. The molecule has 0 amide bonds. The summed E-state index contributed by atoms with van der Waals surface area (Å²) in [4.78, 5) is 14.4. The Hall–Kier alpha value is -1.70. The Kier molecular flexibility index (Phi) is 5.49. The fourth-order valence-electron chi connectivity index (χ4n) is 2.24. The first-order chi connectivity index (χ1) is 10.1. The summed E-state index contributed by atoms with van der Waals surface area (Å²) in [6, 6.07) is 7.02. The van der Waals surface area contributed by atoms with Crippen molar-refractivity contribution >= 4 is 28.0 Å². The molecule has 0 fully saturated rings. The van der Waals surface area contributed by atoms with Crippen molar-refractivity contribution in [3.8, 4) is 0 Å². The molecule has 21 heavy (non-hydrogen) atoms. The molecular formula is C14H18N2O4S. The van der Waals surface area contributed by atoms with Gasteiger partial charge in [-0.25, -0.2) is 4.21 Å². The van der Waals surface area contributed by atoms with Crippen LogP contribution < -0.4 is 5.32 Å². The van der Waals surface area contributed by atoms with Gasteiger partial charge in [0.1, 0.15) is 6.04 Å². The summed E-state index contributed by atoms with van der Waals surface area (Å²) in [6.45, 7) is 0.394. The van der Waals surface area contributed by atoms with Crippen molar-refractivity contribution in [2.45, 2.75) is 18.9 Å². The molecule has 0 aliphatic carbocycles. The Bertz CT molecular complexity index is 641. The first kappa shape index (κ1) is 15.7. The number of hydrogen-bond donors (Lipinski definition) is 4. The number of nitrogens with one attached hydrogen (secondary N) is 2. The number of aliphatic carboxylic acids is 1. The molecule has 2 aromatic rings. The van der Waals surface area contributed by atoms with Crippen LogP contribution in [-0.2, 0) is 22.3 Å². The molecule has 1 aromatic heterocycles. The zero-order valence-corrected chi connectivity index (χ0v) is 12.2. The van der Waals surface area contributed by atoms with E-state index in [1.54, 1.807) is 0 Å². The molecule has 0 radical (unpaired) electrons. The van der Waals surface area contributed by atoms with Gasteiger partial charge in [-0.3, -0.25) is 4.79 Å². The highest BCUT2D eigenvalue weighted by Gasteiger charge is 2.18. The highest BCUT2D eigenvalue weighted by Crippen LogP contribution is 2.19. The third kappa shape index (κ3) is 4.38. The van der Waals surface area contributed by atoms with E-state index in [1.165, 1.54) is 0 Å². The molecule has 0 saturated heterocycles. The van der Waals surface area contributed by atoms with Gasteiger partial charge in [-0.2, -0.15) is 0 Å². The van der Waals surface area contributed by atoms with Crippen molar-refractivity contribution < 1.29 is 18.7 Å². The fraction of sp³-hybridized carbons (Fsp3) is 0.357. The molecule has 2 rings (SSSR count). The van der Waals surface area contributed by atoms with Crippen LogP contribution >= 0.6 is 0 Å². The average molecular weight is 310 g/mol. The maximum atomic E-state index is 11.3. The van der Waals surface area contributed by atoms with Crippen LogP contribution in [0.15, 0.2) is 30.5 Å². The highest BCUT2D eigenvalue weighted by atomic mass is 32.2.